The fourth-order valence-electron chi connectivity index (χ4n) is 1.80. The minimum atomic E-state index is -4.76. The minimum Gasteiger partial charge on any atom is -0.454 e. The molecule has 6 nitrogen and oxygen atoms in total. The van der Waals surface area contributed by atoms with Crippen molar-refractivity contribution in [1.29, 1.82) is 0 Å². The molecule has 1 atom stereocenters. The van der Waals surface area contributed by atoms with Crippen molar-refractivity contribution < 1.29 is 37.0 Å². The summed E-state index contributed by atoms with van der Waals surface area (Å²) in [6, 6.07) is 5.11. The number of hydrogen-bond acceptors (Lipinski definition) is 5. The molecule has 0 bridgehead atoms. The monoisotopic (exact) mass is 375 g/mol. The van der Waals surface area contributed by atoms with Gasteiger partial charge in [0.2, 0.25) is 0 Å². The summed E-state index contributed by atoms with van der Waals surface area (Å²) in [4.78, 5) is 24.9. The summed E-state index contributed by atoms with van der Waals surface area (Å²) < 4.78 is 50.0. The number of esters is 1. The van der Waals surface area contributed by atoms with Crippen molar-refractivity contribution in [2.75, 3.05) is 20.3 Å². The highest BCUT2D eigenvalue weighted by Crippen LogP contribution is 2.23. The van der Waals surface area contributed by atoms with E-state index in [4.69, 9.17) is 9.47 Å². The molecule has 0 aliphatic carbocycles. The Hall–Kier alpha value is -2.55. The molecule has 0 aliphatic rings. The number of amides is 1. The number of benzene rings is 1. The highest BCUT2D eigenvalue weighted by atomic mass is 19.4. The van der Waals surface area contributed by atoms with Gasteiger partial charge in [0.15, 0.2) is 12.7 Å². The topological polar surface area (TPSA) is 65.1 Å². The predicted molar refractivity (Wildman–Crippen MR) is 86.2 cm³/mol. The van der Waals surface area contributed by atoms with E-state index in [1.54, 1.807) is 0 Å². The van der Waals surface area contributed by atoms with Crippen LogP contribution in [0.4, 0.5) is 13.2 Å². The standard InChI is InChI=1S/C17H20F3NO5/c1-4-9-24-12(2)16(23)25-11-15(22)21(3)10-13-5-7-14(8-6-13)26-17(18,19)20/h4-8,12H,1,9-11H2,2-3H3. The summed E-state index contributed by atoms with van der Waals surface area (Å²) in [5.41, 5.74) is 0.587. The van der Waals surface area contributed by atoms with Gasteiger partial charge >= 0.3 is 12.3 Å². The second-order valence-corrected chi connectivity index (χ2v) is 5.31. The summed E-state index contributed by atoms with van der Waals surface area (Å²) in [6.07, 6.45) is -4.11. The van der Waals surface area contributed by atoms with Gasteiger partial charge in [0, 0.05) is 13.6 Å². The third-order valence-electron chi connectivity index (χ3n) is 3.14. The van der Waals surface area contributed by atoms with Crippen LogP contribution in [0.5, 0.6) is 5.75 Å². The Balaban J connectivity index is 2.46. The SMILES string of the molecule is C=CCOC(C)C(=O)OCC(=O)N(C)Cc1ccc(OC(F)(F)F)cc1. The molecule has 1 amide bonds. The van der Waals surface area contributed by atoms with Crippen LogP contribution in [-0.4, -0.2) is 49.5 Å². The molecule has 0 spiro atoms. The van der Waals surface area contributed by atoms with Gasteiger partial charge in [-0.25, -0.2) is 4.79 Å². The second-order valence-electron chi connectivity index (χ2n) is 5.31. The molecule has 0 radical (unpaired) electrons. The van der Waals surface area contributed by atoms with Crippen molar-refractivity contribution >= 4 is 11.9 Å². The van der Waals surface area contributed by atoms with E-state index in [0.717, 1.165) is 12.1 Å². The van der Waals surface area contributed by atoms with Gasteiger partial charge in [-0.3, -0.25) is 4.79 Å². The van der Waals surface area contributed by atoms with Crippen LogP contribution in [0.3, 0.4) is 0 Å². The average molecular weight is 375 g/mol. The Morgan fingerprint density at radius 3 is 2.42 bits per heavy atom. The highest BCUT2D eigenvalue weighted by molar-refractivity contribution is 5.81. The van der Waals surface area contributed by atoms with Crippen LogP contribution in [0.25, 0.3) is 0 Å². The van der Waals surface area contributed by atoms with E-state index in [1.807, 2.05) is 0 Å². The summed E-state index contributed by atoms with van der Waals surface area (Å²) >= 11 is 0. The van der Waals surface area contributed by atoms with E-state index >= 15 is 0 Å². The molecule has 0 fully saturated rings. The van der Waals surface area contributed by atoms with Crippen LogP contribution in [0.15, 0.2) is 36.9 Å². The first-order valence-electron chi connectivity index (χ1n) is 7.60. The van der Waals surface area contributed by atoms with Crippen LogP contribution in [0, 0.1) is 0 Å². The van der Waals surface area contributed by atoms with Crippen molar-refractivity contribution in [2.24, 2.45) is 0 Å². The first-order chi connectivity index (χ1) is 12.1. The summed E-state index contributed by atoms with van der Waals surface area (Å²) in [6.45, 7) is 4.78. The Labute approximate surface area is 149 Å². The van der Waals surface area contributed by atoms with Gasteiger partial charge in [-0.1, -0.05) is 18.2 Å². The molecular formula is C17H20F3NO5. The molecule has 26 heavy (non-hydrogen) atoms. The third-order valence-corrected chi connectivity index (χ3v) is 3.14. The van der Waals surface area contributed by atoms with Crippen molar-refractivity contribution in [3.63, 3.8) is 0 Å². The summed E-state index contributed by atoms with van der Waals surface area (Å²) in [5, 5.41) is 0. The van der Waals surface area contributed by atoms with Crippen molar-refractivity contribution in [3.8, 4) is 5.75 Å². The number of likely N-dealkylation sites (N-methyl/N-ethyl adjacent to an activating group) is 1. The quantitative estimate of drug-likeness (QED) is 0.491. The lowest BCUT2D eigenvalue weighted by Gasteiger charge is -2.18. The number of carbonyl (C=O) groups is 2. The molecule has 0 N–H and O–H groups in total. The number of rotatable bonds is 9. The molecule has 0 saturated carbocycles. The summed E-state index contributed by atoms with van der Waals surface area (Å²) in [7, 11) is 1.48. The maximum Gasteiger partial charge on any atom is 0.573 e. The molecular weight excluding hydrogens is 355 g/mol. The fraction of sp³-hybridized carbons (Fsp3) is 0.412. The Kier molecular flexibility index (Phi) is 8.11. The largest absolute Gasteiger partial charge is 0.573 e. The number of hydrogen-bond donors (Lipinski definition) is 0. The van der Waals surface area contributed by atoms with Crippen LogP contribution < -0.4 is 4.74 Å². The van der Waals surface area contributed by atoms with E-state index in [0.29, 0.717) is 5.56 Å². The lowest BCUT2D eigenvalue weighted by atomic mass is 10.2. The number of carbonyl (C=O) groups excluding carboxylic acids is 2. The zero-order valence-corrected chi connectivity index (χ0v) is 14.4. The molecule has 0 heterocycles. The van der Waals surface area contributed by atoms with Gasteiger partial charge in [-0.2, -0.15) is 0 Å². The van der Waals surface area contributed by atoms with E-state index in [-0.39, 0.29) is 18.9 Å². The van der Waals surface area contributed by atoms with Crippen molar-refractivity contribution in [1.82, 2.24) is 4.90 Å². The molecule has 0 saturated heterocycles. The normalized spacial score (nSPS) is 12.2. The van der Waals surface area contributed by atoms with Gasteiger partial charge in [-0.05, 0) is 24.6 Å². The van der Waals surface area contributed by atoms with Crippen LogP contribution in [0.1, 0.15) is 12.5 Å². The van der Waals surface area contributed by atoms with Gasteiger partial charge in [-0.15, -0.1) is 19.8 Å². The summed E-state index contributed by atoms with van der Waals surface area (Å²) in [5.74, 6) is -1.50. The predicted octanol–water partition coefficient (Wildman–Crippen LogP) is 2.68. The molecule has 1 aromatic carbocycles. The van der Waals surface area contributed by atoms with E-state index in [1.165, 1.54) is 37.1 Å². The molecule has 9 heteroatoms. The molecule has 1 unspecified atom stereocenters. The number of nitrogens with zero attached hydrogens (tertiary/aromatic N) is 1. The Bertz CT molecular complexity index is 616. The smallest absolute Gasteiger partial charge is 0.454 e. The van der Waals surface area contributed by atoms with Gasteiger partial charge in [0.25, 0.3) is 5.91 Å². The van der Waals surface area contributed by atoms with E-state index < -0.39 is 30.9 Å². The van der Waals surface area contributed by atoms with Crippen molar-refractivity contribution in [2.45, 2.75) is 25.9 Å². The molecule has 144 valence electrons. The molecule has 1 rings (SSSR count). The third kappa shape index (κ3) is 8.02. The highest BCUT2D eigenvalue weighted by Gasteiger charge is 2.31. The molecule has 0 aliphatic heterocycles. The Morgan fingerprint density at radius 1 is 1.27 bits per heavy atom. The lowest BCUT2D eigenvalue weighted by Crippen LogP contribution is -2.33. The lowest BCUT2D eigenvalue weighted by molar-refractivity contribution is -0.274. The van der Waals surface area contributed by atoms with Gasteiger partial charge < -0.3 is 19.1 Å². The molecule has 1 aromatic rings. The zero-order valence-electron chi connectivity index (χ0n) is 14.4. The molecule has 0 aromatic heterocycles. The number of ether oxygens (including phenoxy) is 3. The fourth-order valence-corrected chi connectivity index (χ4v) is 1.80. The van der Waals surface area contributed by atoms with Gasteiger partial charge in [0.05, 0.1) is 6.61 Å². The zero-order chi connectivity index (χ0) is 19.7. The number of alkyl halides is 3. The minimum absolute atomic E-state index is 0.130. The van der Waals surface area contributed by atoms with Gasteiger partial charge in [0.1, 0.15) is 5.75 Å². The van der Waals surface area contributed by atoms with E-state index in [2.05, 4.69) is 11.3 Å². The Morgan fingerprint density at radius 2 is 1.88 bits per heavy atom. The van der Waals surface area contributed by atoms with E-state index in [9.17, 15) is 22.8 Å². The second kappa shape index (κ2) is 9.81. The van der Waals surface area contributed by atoms with Crippen LogP contribution >= 0.6 is 0 Å². The van der Waals surface area contributed by atoms with Crippen LogP contribution in [-0.2, 0) is 25.6 Å². The first-order valence-corrected chi connectivity index (χ1v) is 7.60. The number of halogens is 3. The van der Waals surface area contributed by atoms with Crippen LogP contribution in [0.2, 0.25) is 0 Å². The van der Waals surface area contributed by atoms with Crippen molar-refractivity contribution in [3.05, 3.63) is 42.5 Å². The maximum atomic E-state index is 12.1. The average Bonchev–Trinajstić information content (AvgIpc) is 2.57. The maximum absolute atomic E-state index is 12.1. The first kappa shape index (κ1) is 21.5.